The molecule has 0 saturated heterocycles. The van der Waals surface area contributed by atoms with Gasteiger partial charge in [0.15, 0.2) is 0 Å². The molecule has 0 unspecified atom stereocenters. The lowest BCUT2D eigenvalue weighted by molar-refractivity contribution is -0.599. The third-order valence-corrected chi connectivity index (χ3v) is 12.4. The number of fused-ring (bicyclic) bond motifs is 12. The van der Waals surface area contributed by atoms with E-state index >= 15 is 0 Å². The minimum Gasteiger partial charge on any atom is -0.458 e. The summed E-state index contributed by atoms with van der Waals surface area (Å²) in [6.45, 7) is 6.78. The van der Waals surface area contributed by atoms with Crippen molar-refractivity contribution in [2.24, 2.45) is 7.05 Å². The van der Waals surface area contributed by atoms with Crippen molar-refractivity contribution in [1.82, 2.24) is 23.3 Å². The molecule has 0 aliphatic carbocycles. The molecule has 0 radical (unpaired) electrons. The summed E-state index contributed by atoms with van der Waals surface area (Å²) in [6, 6.07) is 57.7. The summed E-state index contributed by atoms with van der Waals surface area (Å²) in [4.78, 5) is 5.18. The van der Waals surface area contributed by atoms with E-state index in [1.165, 1.54) is 43.5 Å². The van der Waals surface area contributed by atoms with Gasteiger partial charge in [-0.05, 0) is 89.8 Å². The number of aryl methyl sites for hydroxylation is 1. The minimum atomic E-state index is -0.0926. The Hall–Kier alpha value is -7.90. The zero-order chi connectivity index (χ0) is 41.7. The molecular weight excluding hydrogens is 761 g/mol. The summed E-state index contributed by atoms with van der Waals surface area (Å²) in [7, 11) is 2.21. The predicted molar refractivity (Wildman–Crippen MR) is 252 cm³/mol. The summed E-state index contributed by atoms with van der Waals surface area (Å²) in [6.07, 6.45) is 9.43. The average molecular weight is 803 g/mol. The SMILES string of the molecule is Cn1c2ccccc2c2c3c4ccccc4n(-c4ccccc4)c3c3c(c4ccc(Oc5cccc(-[n+]6[c-]n(-c7ccccc7)cc6)c5)cc4n3-c3cc(C(C)(C)C)ccn3)c21. The molecule has 62 heavy (non-hydrogen) atoms. The smallest absolute Gasteiger partial charge is 0.268 e. The van der Waals surface area contributed by atoms with Gasteiger partial charge in [-0.2, -0.15) is 0 Å². The summed E-state index contributed by atoms with van der Waals surface area (Å²) in [5.41, 5.74) is 11.0. The molecule has 12 aromatic rings. The van der Waals surface area contributed by atoms with Crippen molar-refractivity contribution in [3.63, 3.8) is 0 Å². The lowest BCUT2D eigenvalue weighted by Gasteiger charge is -2.20. The normalized spacial score (nSPS) is 12.2. The molecule has 0 saturated carbocycles. The van der Waals surface area contributed by atoms with Crippen LogP contribution in [0.2, 0.25) is 0 Å². The molecule has 0 aliphatic heterocycles. The molecule has 298 valence electrons. The second kappa shape index (κ2) is 13.6. The number of hydrogen-bond acceptors (Lipinski definition) is 2. The van der Waals surface area contributed by atoms with Gasteiger partial charge in [-0.3, -0.25) is 13.7 Å². The number of ether oxygens (including phenoxy) is 1. The Kier molecular flexibility index (Phi) is 7.87. The minimum absolute atomic E-state index is 0.0926. The molecule has 5 heterocycles. The van der Waals surface area contributed by atoms with Gasteiger partial charge in [-0.1, -0.05) is 99.6 Å². The summed E-state index contributed by atoms with van der Waals surface area (Å²) in [5.74, 6) is 2.32. The van der Waals surface area contributed by atoms with Gasteiger partial charge in [0.1, 0.15) is 17.3 Å². The molecule has 0 aliphatic rings. The van der Waals surface area contributed by atoms with E-state index in [2.05, 4.69) is 181 Å². The Bertz CT molecular complexity index is 3710. The number of para-hydroxylation sites is 4. The molecule has 5 aromatic heterocycles. The second-order valence-corrected chi connectivity index (χ2v) is 17.2. The van der Waals surface area contributed by atoms with E-state index in [0.717, 1.165) is 61.8 Å². The standard InChI is InChI=1S/C55H42N6O/c1-55(2,3)36-28-29-56-48(32-36)61-47-34-41(62-40-21-15-20-39(33-40)59-31-30-58(35-59)37-16-7-5-8-17-37)26-27-44(47)51-52-49(42-22-11-13-24-45(42)57(52)4)50-43-23-12-14-25-46(43)60(53(50)54(51)61)38-18-9-6-10-19-38/h5-34H,1-4H3. The number of pyridine rings is 1. The first-order chi connectivity index (χ1) is 30.3. The molecule has 7 aromatic carbocycles. The zero-order valence-corrected chi connectivity index (χ0v) is 34.9. The van der Waals surface area contributed by atoms with Crippen LogP contribution in [0, 0.1) is 6.33 Å². The Morgan fingerprint density at radius 2 is 1.19 bits per heavy atom. The predicted octanol–water partition coefficient (Wildman–Crippen LogP) is 12.9. The first-order valence-electron chi connectivity index (χ1n) is 21.1. The van der Waals surface area contributed by atoms with Gasteiger partial charge in [0.05, 0.1) is 39.0 Å². The average Bonchev–Trinajstić information content (AvgIpc) is 4.08. The van der Waals surface area contributed by atoms with Gasteiger partial charge in [0.25, 0.3) is 6.33 Å². The number of rotatable bonds is 6. The molecule has 0 atom stereocenters. The van der Waals surface area contributed by atoms with Crippen LogP contribution in [0.1, 0.15) is 26.3 Å². The third-order valence-electron chi connectivity index (χ3n) is 12.4. The van der Waals surface area contributed by atoms with Crippen molar-refractivity contribution >= 4 is 65.4 Å². The summed E-state index contributed by atoms with van der Waals surface area (Å²) >= 11 is 0. The topological polar surface area (TPSA) is 45.7 Å². The van der Waals surface area contributed by atoms with Gasteiger partial charge in [-0.25, -0.2) is 4.98 Å². The lowest BCUT2D eigenvalue weighted by atomic mass is 9.88. The first-order valence-corrected chi connectivity index (χ1v) is 21.1. The number of aromatic nitrogens is 6. The maximum absolute atomic E-state index is 6.81. The molecule has 0 amide bonds. The highest BCUT2D eigenvalue weighted by molar-refractivity contribution is 6.40. The third kappa shape index (κ3) is 5.44. The zero-order valence-electron chi connectivity index (χ0n) is 34.9. The number of hydrogen-bond donors (Lipinski definition) is 0. The van der Waals surface area contributed by atoms with E-state index in [9.17, 15) is 0 Å². The van der Waals surface area contributed by atoms with Gasteiger partial charge >= 0.3 is 0 Å². The second-order valence-electron chi connectivity index (χ2n) is 17.2. The van der Waals surface area contributed by atoms with E-state index in [0.29, 0.717) is 0 Å². The Balaban J connectivity index is 1.17. The van der Waals surface area contributed by atoms with Crippen LogP contribution in [0.5, 0.6) is 11.5 Å². The van der Waals surface area contributed by atoms with Crippen LogP contribution in [-0.2, 0) is 12.5 Å². The monoisotopic (exact) mass is 802 g/mol. The highest BCUT2D eigenvalue weighted by Gasteiger charge is 2.29. The summed E-state index contributed by atoms with van der Waals surface area (Å²) in [5, 5.41) is 7.21. The van der Waals surface area contributed by atoms with Crippen LogP contribution in [0.3, 0.4) is 0 Å². The van der Waals surface area contributed by atoms with Gasteiger partial charge < -0.3 is 13.9 Å². The van der Waals surface area contributed by atoms with Crippen molar-refractivity contribution in [1.29, 1.82) is 0 Å². The van der Waals surface area contributed by atoms with Crippen molar-refractivity contribution in [2.75, 3.05) is 0 Å². The van der Waals surface area contributed by atoms with Crippen LogP contribution < -0.4 is 9.30 Å². The Morgan fingerprint density at radius 3 is 1.97 bits per heavy atom. The molecule has 0 N–H and O–H groups in total. The number of nitrogens with zero attached hydrogens (tertiary/aromatic N) is 6. The fraction of sp³-hybridized carbons (Fsp3) is 0.0909. The molecular formula is C55H42N6O. The lowest BCUT2D eigenvalue weighted by Crippen LogP contribution is -2.28. The fourth-order valence-electron chi connectivity index (χ4n) is 9.57. The maximum atomic E-state index is 6.81. The largest absolute Gasteiger partial charge is 0.458 e. The van der Waals surface area contributed by atoms with Gasteiger partial charge in [0, 0.05) is 75.2 Å². The van der Waals surface area contributed by atoms with Crippen molar-refractivity contribution in [2.45, 2.75) is 26.2 Å². The first kappa shape index (κ1) is 36.0. The molecule has 7 heteroatoms. The molecule has 12 rings (SSSR count). The molecule has 0 fully saturated rings. The Labute approximate surface area is 358 Å². The highest BCUT2D eigenvalue weighted by Crippen LogP contribution is 2.49. The van der Waals surface area contributed by atoms with E-state index in [4.69, 9.17) is 9.72 Å². The van der Waals surface area contributed by atoms with Crippen LogP contribution in [0.15, 0.2) is 182 Å². The molecule has 7 nitrogen and oxygen atoms in total. The number of benzene rings is 7. The van der Waals surface area contributed by atoms with Crippen LogP contribution in [0.4, 0.5) is 0 Å². The van der Waals surface area contributed by atoms with Gasteiger partial charge in [-0.15, -0.1) is 0 Å². The van der Waals surface area contributed by atoms with Crippen LogP contribution in [0.25, 0.3) is 88.3 Å². The fourth-order valence-corrected chi connectivity index (χ4v) is 9.57. The molecule has 0 bridgehead atoms. The van der Waals surface area contributed by atoms with E-state index in [-0.39, 0.29) is 5.41 Å². The molecule has 0 spiro atoms. The van der Waals surface area contributed by atoms with Crippen LogP contribution in [-0.4, -0.2) is 23.3 Å². The maximum Gasteiger partial charge on any atom is 0.268 e. The highest BCUT2D eigenvalue weighted by atomic mass is 16.5. The van der Waals surface area contributed by atoms with Crippen molar-refractivity contribution in [3.8, 4) is 34.4 Å². The van der Waals surface area contributed by atoms with E-state index in [1.54, 1.807) is 0 Å². The Morgan fingerprint density at radius 1 is 0.548 bits per heavy atom. The van der Waals surface area contributed by atoms with E-state index in [1.807, 2.05) is 58.1 Å². The van der Waals surface area contributed by atoms with Crippen LogP contribution >= 0.6 is 0 Å². The van der Waals surface area contributed by atoms with Crippen molar-refractivity contribution in [3.05, 3.63) is 194 Å². The van der Waals surface area contributed by atoms with E-state index < -0.39 is 0 Å². The van der Waals surface area contributed by atoms with Gasteiger partial charge in [0.2, 0.25) is 0 Å². The van der Waals surface area contributed by atoms with Crippen molar-refractivity contribution < 1.29 is 9.30 Å². The number of imidazole rings is 1. The summed E-state index contributed by atoms with van der Waals surface area (Å²) < 4.78 is 18.0. The quantitative estimate of drug-likeness (QED) is 0.124.